The minimum Gasteiger partial charge on any atom is -0.373 e. The average molecular weight is 481 g/mol. The Balaban J connectivity index is 1.64. The topological polar surface area (TPSA) is 66.9 Å². The number of carbonyl (C=O) groups is 1. The third kappa shape index (κ3) is 4.83. The van der Waals surface area contributed by atoms with Gasteiger partial charge in [-0.25, -0.2) is 12.8 Å². The van der Waals surface area contributed by atoms with Crippen LogP contribution < -0.4 is 0 Å². The number of rotatable bonds is 6. The predicted octanol–water partition coefficient (Wildman–Crippen LogP) is 4.08. The van der Waals surface area contributed by atoms with Gasteiger partial charge in [-0.2, -0.15) is 4.31 Å². The fourth-order valence-electron chi connectivity index (χ4n) is 4.03. The summed E-state index contributed by atoms with van der Waals surface area (Å²) in [4.78, 5) is 14.8. The molecule has 9 heteroatoms. The van der Waals surface area contributed by atoms with Crippen molar-refractivity contribution in [2.75, 3.05) is 13.1 Å². The lowest BCUT2D eigenvalue weighted by Crippen LogP contribution is -2.48. The molecule has 2 atom stereocenters. The van der Waals surface area contributed by atoms with Gasteiger partial charge < -0.3 is 9.64 Å². The van der Waals surface area contributed by atoms with E-state index in [9.17, 15) is 17.6 Å². The molecule has 2 fully saturated rings. The lowest BCUT2D eigenvalue weighted by molar-refractivity contribution is -0.0440. The highest BCUT2D eigenvalue weighted by Gasteiger charge is 2.36. The number of morpholine rings is 1. The van der Waals surface area contributed by atoms with Crippen LogP contribution in [0.3, 0.4) is 0 Å². The van der Waals surface area contributed by atoms with Crippen LogP contribution in [-0.2, 0) is 21.3 Å². The van der Waals surface area contributed by atoms with Crippen LogP contribution >= 0.6 is 11.6 Å². The molecular weight excluding hydrogens is 455 g/mol. The van der Waals surface area contributed by atoms with Gasteiger partial charge in [-0.05, 0) is 51.0 Å². The van der Waals surface area contributed by atoms with Crippen molar-refractivity contribution >= 4 is 27.5 Å². The summed E-state index contributed by atoms with van der Waals surface area (Å²) < 4.78 is 47.9. The molecule has 1 saturated carbocycles. The summed E-state index contributed by atoms with van der Waals surface area (Å²) in [7, 11) is -3.92. The second-order valence-corrected chi connectivity index (χ2v) is 10.8. The summed E-state index contributed by atoms with van der Waals surface area (Å²) in [5.74, 6) is -0.714. The number of ether oxygens (including phenoxy) is 1. The summed E-state index contributed by atoms with van der Waals surface area (Å²) in [6.07, 6.45) is 1.18. The van der Waals surface area contributed by atoms with Crippen molar-refractivity contribution in [1.29, 1.82) is 0 Å². The first-order valence-electron chi connectivity index (χ1n) is 10.7. The van der Waals surface area contributed by atoms with Gasteiger partial charge in [-0.3, -0.25) is 4.79 Å². The standard InChI is InChI=1S/C23H26ClFN2O4S/c1-15-12-26(13-16(2)31-15)32(29,30)22-11-17(7-10-20(22)24)23(28)27(19-8-9-19)14-18-5-3-4-6-21(18)25/h3-7,10-11,15-16,19H,8-9,12-14H2,1-2H3/t15-,16-/m1/s1. The molecule has 1 saturated heterocycles. The number of benzene rings is 2. The van der Waals surface area contributed by atoms with Crippen LogP contribution in [0.5, 0.6) is 0 Å². The molecule has 1 aliphatic heterocycles. The molecule has 1 heterocycles. The van der Waals surface area contributed by atoms with Crippen LogP contribution in [-0.4, -0.2) is 54.9 Å². The predicted molar refractivity (Wildman–Crippen MR) is 120 cm³/mol. The van der Waals surface area contributed by atoms with Crippen LogP contribution in [0.15, 0.2) is 47.4 Å². The minimum atomic E-state index is -3.92. The maximum absolute atomic E-state index is 14.2. The molecule has 32 heavy (non-hydrogen) atoms. The van der Waals surface area contributed by atoms with Crippen LogP contribution in [0.4, 0.5) is 4.39 Å². The normalized spacial score (nSPS) is 22.0. The van der Waals surface area contributed by atoms with E-state index in [1.54, 1.807) is 23.1 Å². The summed E-state index contributed by atoms with van der Waals surface area (Å²) in [6, 6.07) is 10.6. The van der Waals surface area contributed by atoms with Crippen molar-refractivity contribution < 1.29 is 22.3 Å². The first kappa shape index (κ1) is 23.2. The van der Waals surface area contributed by atoms with Gasteiger partial charge in [0.25, 0.3) is 5.91 Å². The van der Waals surface area contributed by atoms with Gasteiger partial charge in [0.1, 0.15) is 10.7 Å². The van der Waals surface area contributed by atoms with Gasteiger partial charge in [-0.15, -0.1) is 0 Å². The number of sulfonamides is 1. The minimum absolute atomic E-state index is 0.0128. The van der Waals surface area contributed by atoms with Crippen LogP contribution in [0.25, 0.3) is 0 Å². The van der Waals surface area contributed by atoms with Crippen LogP contribution in [0, 0.1) is 5.82 Å². The number of hydrogen-bond donors (Lipinski definition) is 0. The summed E-state index contributed by atoms with van der Waals surface area (Å²) in [5, 5.41) is 0.0559. The number of nitrogens with zero attached hydrogens (tertiary/aromatic N) is 2. The second kappa shape index (κ2) is 9.09. The van der Waals surface area contributed by atoms with Crippen molar-refractivity contribution in [3.63, 3.8) is 0 Å². The van der Waals surface area contributed by atoms with E-state index in [0.717, 1.165) is 12.8 Å². The highest BCUT2D eigenvalue weighted by Crippen LogP contribution is 2.32. The Morgan fingerprint density at radius 2 is 1.81 bits per heavy atom. The second-order valence-electron chi connectivity index (χ2n) is 8.48. The molecule has 2 aromatic rings. The molecule has 0 unspecified atom stereocenters. The molecule has 4 rings (SSSR count). The summed E-state index contributed by atoms with van der Waals surface area (Å²) in [6.45, 7) is 4.18. The lowest BCUT2D eigenvalue weighted by atomic mass is 10.1. The largest absolute Gasteiger partial charge is 0.373 e. The van der Waals surface area contributed by atoms with Crippen LogP contribution in [0.1, 0.15) is 42.6 Å². The van der Waals surface area contributed by atoms with Gasteiger partial charge in [-0.1, -0.05) is 29.8 Å². The molecule has 0 radical (unpaired) electrons. The van der Waals surface area contributed by atoms with Crippen molar-refractivity contribution in [2.45, 2.75) is 56.4 Å². The van der Waals surface area contributed by atoms with Gasteiger partial charge >= 0.3 is 0 Å². The molecule has 1 aliphatic carbocycles. The Bertz CT molecular complexity index is 1110. The highest BCUT2D eigenvalue weighted by molar-refractivity contribution is 7.89. The first-order valence-corrected chi connectivity index (χ1v) is 12.5. The molecule has 0 aromatic heterocycles. The third-order valence-corrected chi connectivity index (χ3v) is 8.04. The Morgan fingerprint density at radius 1 is 1.16 bits per heavy atom. The SMILES string of the molecule is C[C@@H]1CN(S(=O)(=O)c2cc(C(=O)N(Cc3ccccc3F)C3CC3)ccc2Cl)C[C@@H](C)O1. The van der Waals surface area contributed by atoms with E-state index in [2.05, 4.69) is 0 Å². The van der Waals surface area contributed by atoms with E-state index in [4.69, 9.17) is 16.3 Å². The van der Waals surface area contributed by atoms with Gasteiger partial charge in [0.2, 0.25) is 10.0 Å². The molecule has 172 valence electrons. The third-order valence-electron chi connectivity index (χ3n) is 5.73. The molecule has 2 aliphatic rings. The van der Waals surface area contributed by atoms with Crippen molar-refractivity contribution in [3.05, 3.63) is 64.4 Å². The van der Waals surface area contributed by atoms with Crippen LogP contribution in [0.2, 0.25) is 5.02 Å². The Hall–Kier alpha value is -2.00. The van der Waals surface area contributed by atoms with E-state index >= 15 is 0 Å². The average Bonchev–Trinajstić information content (AvgIpc) is 3.57. The lowest BCUT2D eigenvalue weighted by Gasteiger charge is -2.34. The van der Waals surface area contributed by atoms with Gasteiger partial charge in [0, 0.05) is 36.8 Å². The molecule has 1 amide bonds. The molecule has 0 N–H and O–H groups in total. The fraction of sp³-hybridized carbons (Fsp3) is 0.435. The number of carbonyl (C=O) groups excluding carboxylic acids is 1. The molecular formula is C23H26ClFN2O4S. The zero-order valence-electron chi connectivity index (χ0n) is 18.0. The molecule has 6 nitrogen and oxygen atoms in total. The maximum atomic E-state index is 14.2. The smallest absolute Gasteiger partial charge is 0.254 e. The summed E-state index contributed by atoms with van der Waals surface area (Å²) >= 11 is 6.27. The van der Waals surface area contributed by atoms with E-state index in [1.165, 1.54) is 28.6 Å². The fourth-order valence-corrected chi connectivity index (χ4v) is 6.12. The summed E-state index contributed by atoms with van der Waals surface area (Å²) in [5.41, 5.74) is 0.636. The van der Waals surface area contributed by atoms with Crippen molar-refractivity contribution in [2.24, 2.45) is 0 Å². The van der Waals surface area contributed by atoms with Gasteiger partial charge in [0.15, 0.2) is 0 Å². The van der Waals surface area contributed by atoms with E-state index in [1.807, 2.05) is 13.8 Å². The maximum Gasteiger partial charge on any atom is 0.254 e. The first-order chi connectivity index (χ1) is 15.2. The molecule has 0 bridgehead atoms. The Kier molecular flexibility index (Phi) is 6.58. The Morgan fingerprint density at radius 3 is 2.44 bits per heavy atom. The number of hydrogen-bond acceptors (Lipinski definition) is 4. The molecule has 2 aromatic carbocycles. The van der Waals surface area contributed by atoms with Crippen molar-refractivity contribution in [3.8, 4) is 0 Å². The highest BCUT2D eigenvalue weighted by atomic mass is 35.5. The van der Waals surface area contributed by atoms with Gasteiger partial charge in [0.05, 0.1) is 17.2 Å². The molecule has 0 spiro atoms. The quantitative estimate of drug-likeness (QED) is 0.624. The van der Waals surface area contributed by atoms with E-state index in [-0.39, 0.29) is 65.1 Å². The Labute approximate surface area is 193 Å². The monoisotopic (exact) mass is 480 g/mol. The number of halogens is 2. The zero-order valence-corrected chi connectivity index (χ0v) is 19.6. The van der Waals surface area contributed by atoms with E-state index in [0.29, 0.717) is 5.56 Å². The van der Waals surface area contributed by atoms with Crippen molar-refractivity contribution in [1.82, 2.24) is 9.21 Å². The zero-order chi connectivity index (χ0) is 23.0. The van der Waals surface area contributed by atoms with E-state index < -0.39 is 10.0 Å². The number of amides is 1.